The molecule has 8 heteroatoms. The molecule has 0 spiro atoms. The van der Waals surface area contributed by atoms with Crippen molar-refractivity contribution >= 4 is 39.2 Å². The van der Waals surface area contributed by atoms with E-state index in [0.717, 1.165) is 5.56 Å². The van der Waals surface area contributed by atoms with Gasteiger partial charge in [0.25, 0.3) is 10.0 Å². The number of hydrogen-bond donors (Lipinski definition) is 0. The van der Waals surface area contributed by atoms with Gasteiger partial charge in [0.1, 0.15) is 0 Å². The number of ketones is 1. The minimum absolute atomic E-state index is 0.0359. The third-order valence-electron chi connectivity index (χ3n) is 4.65. The van der Waals surface area contributed by atoms with Crippen LogP contribution in [-0.4, -0.2) is 27.3 Å². The van der Waals surface area contributed by atoms with E-state index in [1.165, 1.54) is 31.4 Å². The SMILES string of the molecule is COC(=O)CCc1ccc(S(=O)(=O)N(Cl)c2ccccc2C(=O)c2ccccc2)cc1. The van der Waals surface area contributed by atoms with Crippen LogP contribution in [0.15, 0.2) is 83.8 Å². The summed E-state index contributed by atoms with van der Waals surface area (Å²) in [6.07, 6.45) is 0.616. The van der Waals surface area contributed by atoms with E-state index < -0.39 is 10.0 Å². The molecule has 0 aliphatic rings. The first kappa shape index (κ1) is 22.5. The van der Waals surface area contributed by atoms with Gasteiger partial charge >= 0.3 is 5.97 Å². The van der Waals surface area contributed by atoms with Crippen LogP contribution in [0.25, 0.3) is 0 Å². The van der Waals surface area contributed by atoms with Crippen molar-refractivity contribution in [1.82, 2.24) is 0 Å². The Morgan fingerprint density at radius 3 is 2.16 bits per heavy atom. The van der Waals surface area contributed by atoms with E-state index in [0.29, 0.717) is 15.8 Å². The van der Waals surface area contributed by atoms with Gasteiger partial charge in [-0.2, -0.15) is 12.2 Å². The number of carbonyl (C=O) groups is 2. The molecule has 0 amide bonds. The van der Waals surface area contributed by atoms with Gasteiger partial charge in [0, 0.05) is 29.3 Å². The van der Waals surface area contributed by atoms with Gasteiger partial charge in [0.15, 0.2) is 5.78 Å². The van der Waals surface area contributed by atoms with E-state index in [1.807, 2.05) is 0 Å². The standard InChI is InChI=1S/C23H20ClNO5S/c1-30-22(26)16-13-17-11-14-19(15-12-17)31(28,29)25(24)21-10-6-5-9-20(21)23(27)18-7-3-2-4-8-18/h2-12,14-15H,13,16H2,1H3. The Morgan fingerprint density at radius 1 is 0.903 bits per heavy atom. The van der Waals surface area contributed by atoms with Crippen molar-refractivity contribution < 1.29 is 22.7 Å². The Hall–Kier alpha value is -3.16. The number of methoxy groups -OCH3 is 1. The molecule has 0 radical (unpaired) electrons. The summed E-state index contributed by atoms with van der Waals surface area (Å²) in [4.78, 5) is 24.2. The average Bonchev–Trinajstić information content (AvgIpc) is 2.82. The Labute approximate surface area is 186 Å². The smallest absolute Gasteiger partial charge is 0.305 e. The van der Waals surface area contributed by atoms with Crippen molar-refractivity contribution in [1.29, 1.82) is 0 Å². The summed E-state index contributed by atoms with van der Waals surface area (Å²) >= 11 is 6.26. The number of benzene rings is 3. The number of para-hydroxylation sites is 1. The van der Waals surface area contributed by atoms with Gasteiger partial charge in [0.05, 0.1) is 17.7 Å². The van der Waals surface area contributed by atoms with Gasteiger partial charge < -0.3 is 4.74 Å². The Bertz CT molecular complexity index is 1180. The lowest BCUT2D eigenvalue weighted by Gasteiger charge is -2.19. The lowest BCUT2D eigenvalue weighted by Crippen LogP contribution is -2.23. The summed E-state index contributed by atoms with van der Waals surface area (Å²) in [5.74, 6) is -0.682. The van der Waals surface area contributed by atoms with Crippen molar-refractivity contribution in [2.45, 2.75) is 17.7 Å². The summed E-state index contributed by atoms with van der Waals surface area (Å²) in [7, 11) is -2.82. The molecule has 0 heterocycles. The van der Waals surface area contributed by atoms with Crippen LogP contribution in [-0.2, 0) is 26.0 Å². The number of carbonyl (C=O) groups excluding carboxylic acids is 2. The maximum Gasteiger partial charge on any atom is 0.305 e. The second-order valence-electron chi connectivity index (χ2n) is 6.65. The first-order valence-corrected chi connectivity index (χ1v) is 11.2. The van der Waals surface area contributed by atoms with Crippen LogP contribution in [0.3, 0.4) is 0 Å². The lowest BCUT2D eigenvalue weighted by atomic mass is 10.0. The first-order chi connectivity index (χ1) is 14.8. The Kier molecular flexibility index (Phi) is 7.09. The molecule has 0 atom stereocenters. The fourth-order valence-corrected chi connectivity index (χ4v) is 4.43. The number of aryl methyl sites for hydroxylation is 1. The third kappa shape index (κ3) is 5.13. The zero-order valence-electron chi connectivity index (χ0n) is 16.7. The Morgan fingerprint density at radius 2 is 1.52 bits per heavy atom. The predicted octanol–water partition coefficient (Wildman–Crippen LogP) is 4.37. The number of halogens is 1. The molecular weight excluding hydrogens is 438 g/mol. The number of sulfonamides is 1. The van der Waals surface area contributed by atoms with Crippen molar-refractivity contribution in [2.75, 3.05) is 10.9 Å². The van der Waals surface area contributed by atoms with Gasteiger partial charge in [-0.1, -0.05) is 54.6 Å². The summed E-state index contributed by atoms with van der Waals surface area (Å²) in [6.45, 7) is 0. The molecule has 3 rings (SSSR count). The molecule has 160 valence electrons. The first-order valence-electron chi connectivity index (χ1n) is 9.40. The van der Waals surface area contributed by atoms with Crippen molar-refractivity contribution in [3.8, 4) is 0 Å². The van der Waals surface area contributed by atoms with E-state index >= 15 is 0 Å². The van der Waals surface area contributed by atoms with Crippen LogP contribution < -0.4 is 3.82 Å². The van der Waals surface area contributed by atoms with Gasteiger partial charge in [-0.05, 0) is 36.2 Å². The highest BCUT2D eigenvalue weighted by molar-refractivity contribution is 7.94. The molecular formula is C23H20ClNO5S. The number of ether oxygens (including phenoxy) is 1. The number of rotatable bonds is 8. The van der Waals surface area contributed by atoms with Gasteiger partial charge in [-0.15, -0.1) is 0 Å². The number of anilines is 1. The summed E-state index contributed by atoms with van der Waals surface area (Å²) < 4.78 is 31.3. The maximum absolute atomic E-state index is 13.1. The number of hydrogen-bond acceptors (Lipinski definition) is 5. The predicted molar refractivity (Wildman–Crippen MR) is 119 cm³/mol. The molecule has 3 aromatic rings. The van der Waals surface area contributed by atoms with E-state index in [1.54, 1.807) is 54.6 Å². The Balaban J connectivity index is 1.88. The minimum atomic E-state index is -4.13. The third-order valence-corrected chi connectivity index (χ3v) is 6.87. The van der Waals surface area contributed by atoms with E-state index in [2.05, 4.69) is 4.74 Å². The van der Waals surface area contributed by atoms with E-state index in [-0.39, 0.29) is 34.3 Å². The summed E-state index contributed by atoms with van der Waals surface area (Å²) in [5.41, 5.74) is 1.44. The van der Waals surface area contributed by atoms with Crippen LogP contribution in [0.4, 0.5) is 5.69 Å². The molecule has 6 nitrogen and oxygen atoms in total. The molecule has 0 fully saturated rings. The van der Waals surface area contributed by atoms with Crippen molar-refractivity contribution in [2.24, 2.45) is 0 Å². The quantitative estimate of drug-likeness (QED) is 0.285. The summed E-state index contributed by atoms with van der Waals surface area (Å²) in [5, 5.41) is 0. The zero-order chi connectivity index (χ0) is 22.4. The number of esters is 1. The van der Waals surface area contributed by atoms with Crippen LogP contribution in [0.1, 0.15) is 27.9 Å². The van der Waals surface area contributed by atoms with Crippen molar-refractivity contribution in [3.05, 3.63) is 95.6 Å². The molecule has 3 aromatic carbocycles. The van der Waals surface area contributed by atoms with E-state index in [4.69, 9.17) is 11.8 Å². The highest BCUT2D eigenvalue weighted by atomic mass is 35.5. The molecule has 31 heavy (non-hydrogen) atoms. The molecule has 0 aliphatic carbocycles. The zero-order valence-corrected chi connectivity index (χ0v) is 18.3. The van der Waals surface area contributed by atoms with Gasteiger partial charge in [0.2, 0.25) is 0 Å². The molecule has 0 N–H and O–H groups in total. The number of nitrogens with zero attached hydrogens (tertiary/aromatic N) is 1. The second kappa shape index (κ2) is 9.76. The van der Waals surface area contributed by atoms with Gasteiger partial charge in [-0.3, -0.25) is 9.59 Å². The molecule has 0 unspecified atom stereocenters. The largest absolute Gasteiger partial charge is 0.469 e. The van der Waals surface area contributed by atoms with Crippen LogP contribution in [0.5, 0.6) is 0 Å². The van der Waals surface area contributed by atoms with E-state index in [9.17, 15) is 18.0 Å². The minimum Gasteiger partial charge on any atom is -0.469 e. The normalized spacial score (nSPS) is 11.0. The molecule has 0 saturated carbocycles. The molecule has 0 saturated heterocycles. The van der Waals surface area contributed by atoms with Crippen LogP contribution in [0.2, 0.25) is 0 Å². The highest BCUT2D eigenvalue weighted by Gasteiger charge is 2.27. The highest BCUT2D eigenvalue weighted by Crippen LogP contribution is 2.30. The van der Waals surface area contributed by atoms with Crippen LogP contribution in [0, 0.1) is 0 Å². The lowest BCUT2D eigenvalue weighted by molar-refractivity contribution is -0.140. The monoisotopic (exact) mass is 457 g/mol. The fraction of sp³-hybridized carbons (Fsp3) is 0.130. The fourth-order valence-electron chi connectivity index (χ4n) is 2.96. The summed E-state index contributed by atoms with van der Waals surface area (Å²) in [6, 6.07) is 20.9. The van der Waals surface area contributed by atoms with Crippen LogP contribution >= 0.6 is 11.8 Å². The molecule has 0 bridgehead atoms. The second-order valence-corrected chi connectivity index (χ2v) is 8.98. The molecule has 0 aromatic heterocycles. The topological polar surface area (TPSA) is 80.8 Å². The maximum atomic E-state index is 13.1. The average molecular weight is 458 g/mol. The molecule has 0 aliphatic heterocycles. The van der Waals surface area contributed by atoms with Crippen molar-refractivity contribution in [3.63, 3.8) is 0 Å². The van der Waals surface area contributed by atoms with Gasteiger partial charge in [-0.25, -0.2) is 0 Å².